The Bertz CT molecular complexity index is 351. The van der Waals surface area contributed by atoms with Crippen LogP contribution in [0.4, 0.5) is 0 Å². The van der Waals surface area contributed by atoms with E-state index in [0.29, 0.717) is 26.2 Å². The lowest BCUT2D eigenvalue weighted by Gasteiger charge is -2.19. The van der Waals surface area contributed by atoms with Crippen molar-refractivity contribution in [1.29, 1.82) is 0 Å². The third kappa shape index (κ3) is 14.6. The molecule has 1 N–H and O–H groups in total. The Morgan fingerprint density at radius 1 is 0.833 bits per heavy atom. The first-order valence-electron chi connectivity index (χ1n) is 8.41. The fourth-order valence-corrected chi connectivity index (χ4v) is 1.77. The van der Waals surface area contributed by atoms with Crippen molar-refractivity contribution in [3.8, 4) is 0 Å². The highest BCUT2D eigenvalue weighted by Gasteiger charge is 2.06. The molecule has 0 aromatic carbocycles. The van der Waals surface area contributed by atoms with E-state index in [2.05, 4.69) is 28.3 Å². The van der Waals surface area contributed by atoms with Crippen LogP contribution in [0.15, 0.2) is 12.2 Å². The topological polar surface area (TPSA) is 65.5 Å². The van der Waals surface area contributed by atoms with Gasteiger partial charge in [0.05, 0.1) is 26.4 Å². The van der Waals surface area contributed by atoms with Crippen LogP contribution in [-0.2, 0) is 14.3 Å². The molecule has 0 bridgehead atoms. The van der Waals surface area contributed by atoms with E-state index in [1.165, 1.54) is 0 Å². The number of carbonyl (C=O) groups is 1. The minimum Gasteiger partial charge on any atom is -0.478 e. The summed E-state index contributed by atoms with van der Waals surface area (Å²) in [6, 6.07) is 0. The van der Waals surface area contributed by atoms with Crippen LogP contribution in [0.2, 0.25) is 0 Å². The second kappa shape index (κ2) is 14.4. The van der Waals surface area contributed by atoms with Gasteiger partial charge in [-0.2, -0.15) is 0 Å². The summed E-state index contributed by atoms with van der Waals surface area (Å²) in [6.07, 6.45) is 0.475. The van der Waals surface area contributed by atoms with E-state index < -0.39 is 5.97 Å². The lowest BCUT2D eigenvalue weighted by atomic mass is 10.2. The highest BCUT2D eigenvalue weighted by molar-refractivity contribution is 5.85. The molecule has 0 aromatic heterocycles. The van der Waals surface area contributed by atoms with Gasteiger partial charge >= 0.3 is 5.97 Å². The van der Waals surface area contributed by atoms with Gasteiger partial charge in [0.15, 0.2) is 0 Å². The third-order valence-electron chi connectivity index (χ3n) is 3.63. The van der Waals surface area contributed by atoms with Crippen molar-refractivity contribution in [1.82, 2.24) is 14.7 Å². The Balaban J connectivity index is 3.45. The lowest BCUT2D eigenvalue weighted by molar-refractivity contribution is -0.132. The summed E-state index contributed by atoms with van der Waals surface area (Å²) in [4.78, 5) is 17.0. The van der Waals surface area contributed by atoms with Gasteiger partial charge in [-0.05, 0) is 34.6 Å². The Labute approximate surface area is 146 Å². The first-order valence-corrected chi connectivity index (χ1v) is 8.41. The molecule has 0 fully saturated rings. The average Bonchev–Trinajstić information content (AvgIpc) is 2.51. The molecule has 7 nitrogen and oxygen atoms in total. The second-order valence-electron chi connectivity index (χ2n) is 6.29. The summed E-state index contributed by atoms with van der Waals surface area (Å²) >= 11 is 0. The molecule has 0 aliphatic rings. The van der Waals surface area contributed by atoms with Crippen LogP contribution in [0.1, 0.15) is 6.42 Å². The zero-order valence-corrected chi connectivity index (χ0v) is 15.8. The second-order valence-corrected chi connectivity index (χ2v) is 6.29. The summed E-state index contributed by atoms with van der Waals surface area (Å²) < 4.78 is 11.2. The molecule has 0 saturated carbocycles. The molecule has 0 aliphatic carbocycles. The Morgan fingerprint density at radius 3 is 1.67 bits per heavy atom. The predicted molar refractivity (Wildman–Crippen MR) is 96.6 cm³/mol. The standard InChI is InChI=1S/C17H35N3O4/c1-16(17(21)22)6-7-19(4)9-13-24-15-11-20(5)10-14-23-12-8-18(2)3/h1,6-15H2,2-5H3,(H,21,22). The maximum absolute atomic E-state index is 10.7. The molecule has 0 aliphatic heterocycles. The van der Waals surface area contributed by atoms with Crippen molar-refractivity contribution in [2.24, 2.45) is 0 Å². The van der Waals surface area contributed by atoms with Crippen LogP contribution in [0, 0.1) is 0 Å². The van der Waals surface area contributed by atoms with Crippen LogP contribution < -0.4 is 0 Å². The predicted octanol–water partition coefficient (Wildman–Crippen LogP) is 0.476. The quantitative estimate of drug-likeness (QED) is 0.322. The molecular formula is C17H35N3O4. The molecule has 24 heavy (non-hydrogen) atoms. The van der Waals surface area contributed by atoms with Crippen molar-refractivity contribution in [3.05, 3.63) is 12.2 Å². The largest absolute Gasteiger partial charge is 0.478 e. The minimum absolute atomic E-state index is 0.247. The van der Waals surface area contributed by atoms with Crippen molar-refractivity contribution < 1.29 is 19.4 Å². The Kier molecular flexibility index (Phi) is 13.8. The molecule has 0 atom stereocenters. The molecule has 0 saturated heterocycles. The van der Waals surface area contributed by atoms with Crippen LogP contribution in [0.3, 0.4) is 0 Å². The van der Waals surface area contributed by atoms with Crippen molar-refractivity contribution in [2.45, 2.75) is 6.42 Å². The van der Waals surface area contributed by atoms with Gasteiger partial charge in [0.25, 0.3) is 0 Å². The summed E-state index contributed by atoms with van der Waals surface area (Å²) in [5.41, 5.74) is 0.247. The molecule has 0 unspecified atom stereocenters. The minimum atomic E-state index is -0.923. The van der Waals surface area contributed by atoms with Gasteiger partial charge in [0.2, 0.25) is 0 Å². The maximum Gasteiger partial charge on any atom is 0.331 e. The number of carboxylic acids is 1. The zero-order chi connectivity index (χ0) is 18.4. The van der Waals surface area contributed by atoms with Crippen molar-refractivity contribution >= 4 is 5.97 Å². The number of aliphatic carboxylic acids is 1. The van der Waals surface area contributed by atoms with Gasteiger partial charge in [0, 0.05) is 38.3 Å². The van der Waals surface area contributed by atoms with E-state index in [0.717, 1.165) is 39.4 Å². The van der Waals surface area contributed by atoms with Crippen LogP contribution in [0.5, 0.6) is 0 Å². The summed E-state index contributed by atoms with van der Waals surface area (Å²) in [5, 5.41) is 8.75. The van der Waals surface area contributed by atoms with Gasteiger partial charge in [-0.3, -0.25) is 0 Å². The smallest absolute Gasteiger partial charge is 0.331 e. The van der Waals surface area contributed by atoms with Gasteiger partial charge in [-0.15, -0.1) is 0 Å². The summed E-state index contributed by atoms with van der Waals surface area (Å²) in [5.74, 6) is -0.923. The first kappa shape index (κ1) is 23.0. The van der Waals surface area contributed by atoms with Crippen LogP contribution in [0.25, 0.3) is 0 Å². The molecule has 0 aromatic rings. The highest BCUT2D eigenvalue weighted by atomic mass is 16.5. The number of likely N-dealkylation sites (N-methyl/N-ethyl adjacent to an activating group) is 3. The molecule has 0 amide bonds. The van der Waals surface area contributed by atoms with E-state index in [9.17, 15) is 4.79 Å². The van der Waals surface area contributed by atoms with Gasteiger partial charge in [0.1, 0.15) is 0 Å². The number of hydrogen-bond donors (Lipinski definition) is 1. The van der Waals surface area contributed by atoms with Crippen molar-refractivity contribution in [3.63, 3.8) is 0 Å². The monoisotopic (exact) mass is 345 g/mol. The molecular weight excluding hydrogens is 310 g/mol. The third-order valence-corrected chi connectivity index (χ3v) is 3.63. The number of rotatable bonds is 16. The maximum atomic E-state index is 10.7. The summed E-state index contributed by atoms with van der Waals surface area (Å²) in [7, 11) is 8.08. The van der Waals surface area contributed by atoms with Crippen molar-refractivity contribution in [2.75, 3.05) is 87.3 Å². The molecule has 0 rings (SSSR count). The van der Waals surface area contributed by atoms with Crippen LogP contribution in [-0.4, -0.2) is 113 Å². The molecule has 7 heteroatoms. The molecule has 0 heterocycles. The molecule has 0 spiro atoms. The number of carboxylic acid groups (broad SMARTS) is 1. The van der Waals surface area contributed by atoms with Gasteiger partial charge < -0.3 is 29.3 Å². The van der Waals surface area contributed by atoms with Gasteiger partial charge in [-0.25, -0.2) is 4.79 Å². The first-order chi connectivity index (χ1) is 11.3. The van der Waals surface area contributed by atoms with E-state index in [-0.39, 0.29) is 5.57 Å². The SMILES string of the molecule is C=C(CCN(C)CCOCCN(C)CCOCCN(C)C)C(=O)O. The normalized spacial score (nSPS) is 11.6. The van der Waals surface area contributed by atoms with E-state index in [4.69, 9.17) is 14.6 Å². The Hall–Kier alpha value is -0.990. The fourth-order valence-electron chi connectivity index (χ4n) is 1.77. The Morgan fingerprint density at radius 2 is 1.25 bits per heavy atom. The molecule has 142 valence electrons. The van der Waals surface area contributed by atoms with Gasteiger partial charge in [-0.1, -0.05) is 6.58 Å². The van der Waals surface area contributed by atoms with Crippen LogP contribution >= 0.6 is 0 Å². The zero-order valence-electron chi connectivity index (χ0n) is 15.8. The summed E-state index contributed by atoms with van der Waals surface area (Å²) in [6.45, 7) is 10.5. The fraction of sp³-hybridized carbons (Fsp3) is 0.824. The number of nitrogens with zero attached hydrogens (tertiary/aromatic N) is 3. The number of hydrogen-bond acceptors (Lipinski definition) is 6. The number of ether oxygens (including phenoxy) is 2. The average molecular weight is 345 g/mol. The van der Waals surface area contributed by atoms with E-state index >= 15 is 0 Å². The van der Waals surface area contributed by atoms with E-state index in [1.54, 1.807) is 0 Å². The van der Waals surface area contributed by atoms with E-state index in [1.807, 2.05) is 21.1 Å². The lowest BCUT2D eigenvalue weighted by Crippen LogP contribution is -2.29. The highest BCUT2D eigenvalue weighted by Crippen LogP contribution is 1.99. The molecule has 0 radical (unpaired) electrons.